The van der Waals surface area contributed by atoms with Gasteiger partial charge in [-0.05, 0) is 71.6 Å². The average molecular weight is 545 g/mol. The van der Waals surface area contributed by atoms with Crippen molar-refractivity contribution in [2.24, 2.45) is 48.6 Å². The minimum absolute atomic E-state index is 0. The fourth-order valence-electron chi connectivity index (χ4n) is 4.75. The van der Waals surface area contributed by atoms with Crippen LogP contribution in [0.5, 0.6) is 0 Å². The summed E-state index contributed by atoms with van der Waals surface area (Å²) in [5.41, 5.74) is 6.53. The smallest absolute Gasteiger partial charge is 0.368 e. The lowest BCUT2D eigenvalue weighted by Gasteiger charge is -2.38. The van der Waals surface area contributed by atoms with Crippen LogP contribution in [0.1, 0.15) is 11.1 Å². The molecule has 4 aromatic rings. The van der Waals surface area contributed by atoms with Gasteiger partial charge < -0.3 is 24.7 Å². The normalized spacial score (nSPS) is 13.7. The Bertz CT molecular complexity index is 1350. The van der Waals surface area contributed by atoms with Gasteiger partial charge in [-0.2, -0.15) is 0 Å². The maximum absolute atomic E-state index is 4.42. The maximum Gasteiger partial charge on any atom is 0.403 e. The average Bonchev–Trinajstić information content (AvgIpc) is 3.40. The van der Waals surface area contributed by atoms with Crippen LogP contribution in [-0.4, -0.2) is 45.7 Å². The van der Waals surface area contributed by atoms with Crippen LogP contribution in [-0.2, 0) is 28.2 Å². The number of rotatable bonds is 6. The number of azo groups is 2. The van der Waals surface area contributed by atoms with Gasteiger partial charge in [-0.1, -0.05) is 10.2 Å². The highest BCUT2D eigenvalue weighted by molar-refractivity contribution is 5.62. The zero-order chi connectivity index (χ0) is 26.8. The number of nitrogens with zero attached hydrogens (tertiary/aromatic N) is 12. The molecule has 40 heavy (non-hydrogen) atoms. The lowest BCUT2D eigenvalue weighted by Crippen LogP contribution is -2.47. The molecular formula is C28H40N12. The van der Waals surface area contributed by atoms with Gasteiger partial charge in [-0.3, -0.25) is 0 Å². The molecule has 2 aromatic heterocycles. The van der Waals surface area contributed by atoms with Crippen LogP contribution in [0.4, 0.5) is 34.6 Å². The van der Waals surface area contributed by atoms with Crippen LogP contribution in [0.25, 0.3) is 0 Å². The van der Waals surface area contributed by atoms with Crippen molar-refractivity contribution in [2.75, 3.05) is 36.0 Å². The van der Waals surface area contributed by atoms with Crippen LogP contribution in [0, 0.1) is 28.7 Å². The molecule has 2 aromatic carbocycles. The first-order valence-electron chi connectivity index (χ1n) is 12.6. The predicted molar refractivity (Wildman–Crippen MR) is 157 cm³/mol. The molecule has 0 saturated carbocycles. The van der Waals surface area contributed by atoms with Crippen molar-refractivity contribution < 1.29 is 9.13 Å². The molecule has 1 aliphatic rings. The fourth-order valence-corrected chi connectivity index (χ4v) is 4.75. The topological polar surface area (TPSA) is 99.3 Å². The molecule has 3 heterocycles. The van der Waals surface area contributed by atoms with E-state index >= 15 is 0 Å². The Labute approximate surface area is 236 Å². The zero-order valence-electron chi connectivity index (χ0n) is 24.8. The summed E-state index contributed by atoms with van der Waals surface area (Å²) in [5, 5.41) is 25.9. The van der Waals surface area contributed by atoms with Gasteiger partial charge in [0.25, 0.3) is 0 Å². The monoisotopic (exact) mass is 544 g/mol. The Balaban J connectivity index is 0.00000220. The number of aromatic nitrogens is 6. The second-order valence-corrected chi connectivity index (χ2v) is 9.65. The Morgan fingerprint density at radius 1 is 0.625 bits per heavy atom. The highest BCUT2D eigenvalue weighted by atomic mass is 15.4. The largest absolute Gasteiger partial charge is 0.403 e. The third kappa shape index (κ3) is 6.22. The molecule has 0 atom stereocenters. The Kier molecular flexibility index (Phi) is 9.46. The summed E-state index contributed by atoms with van der Waals surface area (Å²) < 4.78 is 7.08. The molecule has 0 N–H and O–H groups in total. The molecule has 12 heteroatoms. The van der Waals surface area contributed by atoms with Crippen molar-refractivity contribution in [2.45, 2.75) is 13.8 Å². The van der Waals surface area contributed by atoms with Gasteiger partial charge in [0.2, 0.25) is 12.7 Å². The quantitative estimate of drug-likeness (QED) is 0.203. The van der Waals surface area contributed by atoms with Gasteiger partial charge in [0, 0.05) is 47.8 Å². The highest BCUT2D eigenvalue weighted by Gasteiger charge is 2.20. The molecule has 1 fully saturated rings. The zero-order valence-corrected chi connectivity index (χ0v) is 24.8. The molecule has 0 unspecified atom stereocenters. The third-order valence-corrected chi connectivity index (χ3v) is 6.84. The standard InChI is InChI=1S/C26H34N12.2CH3/c1-19-15-21(29-31-25-33(3)17-27-35(25)5)7-9-23(19)37-11-13-38(14-12-37)24-10-8-22(16-20(24)2)30-32-26-34(4)18-28-36(26)6;;/h7-10,15-18H,11-14H2,1-6H3;2*1H3/q+2;2*-1. The van der Waals surface area contributed by atoms with E-state index in [4.69, 9.17) is 0 Å². The van der Waals surface area contributed by atoms with E-state index in [1.54, 1.807) is 22.0 Å². The van der Waals surface area contributed by atoms with E-state index in [2.05, 4.69) is 78.6 Å². The molecule has 0 amide bonds. The van der Waals surface area contributed by atoms with E-state index in [0.29, 0.717) is 11.9 Å². The van der Waals surface area contributed by atoms with Crippen LogP contribution in [0.3, 0.4) is 0 Å². The Hall–Kier alpha value is -4.48. The molecule has 1 saturated heterocycles. The Morgan fingerprint density at radius 3 is 1.30 bits per heavy atom. The van der Waals surface area contributed by atoms with Gasteiger partial charge in [0.15, 0.2) is 0 Å². The first kappa shape index (κ1) is 30.1. The first-order valence-corrected chi connectivity index (χ1v) is 12.6. The molecular weight excluding hydrogens is 504 g/mol. The number of piperazine rings is 1. The number of anilines is 2. The number of hydrogen-bond acceptors (Lipinski definition) is 8. The van der Waals surface area contributed by atoms with Crippen molar-refractivity contribution in [3.8, 4) is 0 Å². The molecule has 5 rings (SSSR count). The lowest BCUT2D eigenvalue weighted by atomic mass is 10.1. The fraction of sp³-hybridized carbons (Fsp3) is 0.357. The van der Waals surface area contributed by atoms with Crippen LogP contribution >= 0.6 is 0 Å². The lowest BCUT2D eigenvalue weighted by molar-refractivity contribution is -0.659. The molecule has 1 aliphatic heterocycles. The summed E-state index contributed by atoms with van der Waals surface area (Å²) in [6.45, 7) is 8.06. The van der Waals surface area contributed by atoms with Gasteiger partial charge in [-0.25, -0.2) is 9.13 Å². The summed E-state index contributed by atoms with van der Waals surface area (Å²) in [7, 11) is 7.52. The molecule has 0 spiro atoms. The van der Waals surface area contributed by atoms with E-state index in [0.717, 1.165) is 37.6 Å². The number of aryl methyl sites for hydroxylation is 6. The van der Waals surface area contributed by atoms with Crippen molar-refractivity contribution in [1.29, 1.82) is 0 Å². The van der Waals surface area contributed by atoms with Crippen molar-refractivity contribution in [3.05, 3.63) is 75.0 Å². The van der Waals surface area contributed by atoms with E-state index in [9.17, 15) is 0 Å². The van der Waals surface area contributed by atoms with Crippen molar-refractivity contribution in [3.63, 3.8) is 0 Å². The summed E-state index contributed by atoms with van der Waals surface area (Å²) in [5.74, 6) is 1.38. The number of benzene rings is 2. The summed E-state index contributed by atoms with van der Waals surface area (Å²) in [6.07, 6.45) is 3.43. The molecule has 0 aliphatic carbocycles. The highest BCUT2D eigenvalue weighted by Crippen LogP contribution is 2.30. The van der Waals surface area contributed by atoms with Crippen molar-refractivity contribution in [1.82, 2.24) is 19.6 Å². The van der Waals surface area contributed by atoms with Crippen molar-refractivity contribution >= 4 is 34.6 Å². The van der Waals surface area contributed by atoms with E-state index in [1.165, 1.54) is 22.5 Å². The van der Waals surface area contributed by atoms with Crippen LogP contribution in [0.2, 0.25) is 0 Å². The molecule has 12 nitrogen and oxygen atoms in total. The summed E-state index contributed by atoms with van der Waals surface area (Å²) in [4.78, 5) is 4.89. The van der Waals surface area contributed by atoms with Gasteiger partial charge in [0.05, 0.1) is 39.6 Å². The minimum Gasteiger partial charge on any atom is -0.368 e. The third-order valence-electron chi connectivity index (χ3n) is 6.84. The van der Waals surface area contributed by atoms with E-state index in [1.807, 2.05) is 49.5 Å². The summed E-state index contributed by atoms with van der Waals surface area (Å²) >= 11 is 0. The second-order valence-electron chi connectivity index (χ2n) is 9.65. The maximum atomic E-state index is 4.42. The Morgan fingerprint density at radius 2 is 1.00 bits per heavy atom. The second kappa shape index (κ2) is 12.6. The predicted octanol–water partition coefficient (Wildman–Crippen LogP) is 4.48. The minimum atomic E-state index is 0. The van der Waals surface area contributed by atoms with E-state index < -0.39 is 0 Å². The SMILES string of the molecule is Cc1cc(N=Nc2n(C)nc[n+]2C)ccc1N1CCN(c2ccc(N=Nc3n(C)nc[n+]3C)cc2C)CC1.[CH3-].[CH3-]. The molecule has 0 radical (unpaired) electrons. The van der Waals surface area contributed by atoms with Crippen LogP contribution in [0.15, 0.2) is 69.5 Å². The van der Waals surface area contributed by atoms with E-state index in [-0.39, 0.29) is 14.9 Å². The molecule has 0 bridgehead atoms. The van der Waals surface area contributed by atoms with Gasteiger partial charge in [-0.15, -0.1) is 9.36 Å². The van der Waals surface area contributed by atoms with Crippen LogP contribution < -0.4 is 18.9 Å². The number of hydrogen-bond donors (Lipinski definition) is 0. The molecule has 212 valence electrons. The van der Waals surface area contributed by atoms with Gasteiger partial charge in [0.1, 0.15) is 0 Å². The first-order chi connectivity index (χ1) is 18.3. The van der Waals surface area contributed by atoms with Gasteiger partial charge >= 0.3 is 11.9 Å². The summed E-state index contributed by atoms with van der Waals surface area (Å²) in [6, 6.07) is 12.5.